The molecule has 0 aliphatic carbocycles. The van der Waals surface area contributed by atoms with Gasteiger partial charge in [0.15, 0.2) is 5.82 Å². The van der Waals surface area contributed by atoms with E-state index in [1.165, 1.54) is 0 Å². The molecule has 78 valence electrons. The molecule has 0 fully saturated rings. The molecular formula is C9H11N5O. The van der Waals surface area contributed by atoms with Crippen LogP contribution < -0.4 is 5.73 Å². The van der Waals surface area contributed by atoms with Crippen molar-refractivity contribution < 1.29 is 4.52 Å². The molecule has 0 aliphatic heterocycles. The molecule has 0 unspecified atom stereocenters. The van der Waals surface area contributed by atoms with Crippen LogP contribution in [0.3, 0.4) is 0 Å². The lowest BCUT2D eigenvalue weighted by Gasteiger charge is -2.11. The zero-order chi connectivity index (χ0) is 10.9. The minimum atomic E-state index is -0.609. The second-order valence-electron chi connectivity index (χ2n) is 3.78. The van der Waals surface area contributed by atoms with E-state index in [0.29, 0.717) is 11.7 Å². The Kier molecular flexibility index (Phi) is 2.20. The molecule has 6 heteroatoms. The maximum atomic E-state index is 5.84. The topological polar surface area (TPSA) is 90.7 Å². The van der Waals surface area contributed by atoms with Crippen LogP contribution in [0.5, 0.6) is 0 Å². The molecule has 0 aromatic carbocycles. The van der Waals surface area contributed by atoms with E-state index in [0.717, 1.165) is 5.56 Å². The van der Waals surface area contributed by atoms with Crippen LogP contribution >= 0.6 is 0 Å². The zero-order valence-electron chi connectivity index (χ0n) is 8.51. The van der Waals surface area contributed by atoms with E-state index in [1.807, 2.05) is 13.8 Å². The number of hydrogen-bond acceptors (Lipinski definition) is 6. The van der Waals surface area contributed by atoms with Crippen molar-refractivity contribution in [3.05, 3.63) is 24.3 Å². The fraction of sp³-hybridized carbons (Fsp3) is 0.333. The molecule has 0 amide bonds. The molecule has 0 spiro atoms. The number of nitrogens with two attached hydrogens (primary N) is 1. The fourth-order valence-corrected chi connectivity index (χ4v) is 1.02. The molecule has 0 radical (unpaired) electrons. The minimum absolute atomic E-state index is 0.401. The highest BCUT2D eigenvalue weighted by molar-refractivity contribution is 5.49. The third kappa shape index (κ3) is 1.99. The van der Waals surface area contributed by atoms with Gasteiger partial charge in [0, 0.05) is 0 Å². The summed E-state index contributed by atoms with van der Waals surface area (Å²) in [6.45, 7) is 3.62. The van der Waals surface area contributed by atoms with Crippen LogP contribution in [0.25, 0.3) is 11.5 Å². The number of nitrogens with zero attached hydrogens (tertiary/aromatic N) is 4. The molecular weight excluding hydrogens is 194 g/mol. The Morgan fingerprint density at radius 3 is 2.67 bits per heavy atom. The Balaban J connectivity index is 2.37. The van der Waals surface area contributed by atoms with Gasteiger partial charge in [-0.1, -0.05) is 5.16 Å². The molecule has 0 bridgehead atoms. The molecule has 2 rings (SSSR count). The Bertz CT molecular complexity index is 445. The lowest BCUT2D eigenvalue weighted by molar-refractivity contribution is 0.397. The van der Waals surface area contributed by atoms with Crippen molar-refractivity contribution in [2.75, 3.05) is 0 Å². The van der Waals surface area contributed by atoms with Crippen molar-refractivity contribution in [1.82, 2.24) is 20.3 Å². The lowest BCUT2D eigenvalue weighted by atomic mass is 10.1. The molecule has 0 aliphatic rings. The van der Waals surface area contributed by atoms with Gasteiger partial charge in [-0.15, -0.1) is 0 Å². The Morgan fingerprint density at radius 2 is 2.13 bits per heavy atom. The summed E-state index contributed by atoms with van der Waals surface area (Å²) in [6, 6.07) is 1.74. The quantitative estimate of drug-likeness (QED) is 0.776. The van der Waals surface area contributed by atoms with Crippen LogP contribution in [0.2, 0.25) is 0 Å². The smallest absolute Gasteiger partial charge is 0.259 e. The molecule has 15 heavy (non-hydrogen) atoms. The molecule has 0 saturated heterocycles. The summed E-state index contributed by atoms with van der Waals surface area (Å²) < 4.78 is 5.07. The van der Waals surface area contributed by atoms with Crippen LogP contribution in [-0.4, -0.2) is 20.3 Å². The first-order valence-electron chi connectivity index (χ1n) is 4.47. The van der Waals surface area contributed by atoms with Gasteiger partial charge in [-0.25, -0.2) is 0 Å². The molecule has 0 atom stereocenters. The van der Waals surface area contributed by atoms with Gasteiger partial charge in [0.05, 0.1) is 23.5 Å². The van der Waals surface area contributed by atoms with Gasteiger partial charge < -0.3 is 10.3 Å². The van der Waals surface area contributed by atoms with E-state index in [9.17, 15) is 0 Å². The second kappa shape index (κ2) is 3.39. The van der Waals surface area contributed by atoms with Crippen molar-refractivity contribution >= 4 is 0 Å². The van der Waals surface area contributed by atoms with Crippen LogP contribution in [0, 0.1) is 0 Å². The third-order valence-corrected chi connectivity index (χ3v) is 1.83. The van der Waals surface area contributed by atoms with Gasteiger partial charge in [0.25, 0.3) is 5.89 Å². The van der Waals surface area contributed by atoms with E-state index in [1.54, 1.807) is 18.5 Å². The summed E-state index contributed by atoms with van der Waals surface area (Å²) in [4.78, 5) is 4.18. The number of rotatable bonds is 2. The standard InChI is InChI=1S/C9H11N5O/c1-9(2,10)8-13-7(15-14-8)6-3-4-11-12-5-6/h3-5H,10H2,1-2H3. The third-order valence-electron chi connectivity index (χ3n) is 1.83. The van der Waals surface area contributed by atoms with E-state index in [-0.39, 0.29) is 0 Å². The van der Waals surface area contributed by atoms with Crippen molar-refractivity contribution in [1.29, 1.82) is 0 Å². The maximum absolute atomic E-state index is 5.84. The van der Waals surface area contributed by atoms with Crippen molar-refractivity contribution in [2.45, 2.75) is 19.4 Å². The number of hydrogen-bond donors (Lipinski definition) is 1. The molecule has 2 N–H and O–H groups in total. The van der Waals surface area contributed by atoms with Gasteiger partial charge in [0.2, 0.25) is 0 Å². The maximum Gasteiger partial charge on any atom is 0.259 e. The normalized spacial score (nSPS) is 11.7. The SMILES string of the molecule is CC(C)(N)c1noc(-c2ccnnc2)n1. The zero-order valence-corrected chi connectivity index (χ0v) is 8.51. The monoisotopic (exact) mass is 205 g/mol. The van der Waals surface area contributed by atoms with Crippen molar-refractivity contribution in [3.63, 3.8) is 0 Å². The Labute approximate surface area is 86.5 Å². The van der Waals surface area contributed by atoms with Crippen LogP contribution in [0.1, 0.15) is 19.7 Å². The predicted molar refractivity (Wildman–Crippen MR) is 52.5 cm³/mol. The first-order valence-corrected chi connectivity index (χ1v) is 4.47. The highest BCUT2D eigenvalue weighted by Gasteiger charge is 2.21. The van der Waals surface area contributed by atoms with E-state index in [2.05, 4.69) is 20.3 Å². The highest BCUT2D eigenvalue weighted by atomic mass is 16.5. The fourth-order valence-electron chi connectivity index (χ4n) is 1.02. The summed E-state index contributed by atoms with van der Waals surface area (Å²) in [5.74, 6) is 0.868. The highest BCUT2D eigenvalue weighted by Crippen LogP contribution is 2.19. The molecule has 0 saturated carbocycles. The summed E-state index contributed by atoms with van der Waals surface area (Å²) in [5.41, 5.74) is 5.96. The van der Waals surface area contributed by atoms with E-state index >= 15 is 0 Å². The molecule has 2 heterocycles. The number of aromatic nitrogens is 4. The van der Waals surface area contributed by atoms with Crippen LogP contribution in [0.4, 0.5) is 0 Å². The van der Waals surface area contributed by atoms with Gasteiger partial charge in [-0.2, -0.15) is 15.2 Å². The van der Waals surface area contributed by atoms with Crippen LogP contribution in [0.15, 0.2) is 23.0 Å². The first-order chi connectivity index (χ1) is 7.07. The van der Waals surface area contributed by atoms with E-state index in [4.69, 9.17) is 10.3 Å². The lowest BCUT2D eigenvalue weighted by Crippen LogP contribution is -2.30. The second-order valence-corrected chi connectivity index (χ2v) is 3.78. The molecule has 2 aromatic rings. The van der Waals surface area contributed by atoms with Crippen molar-refractivity contribution in [3.8, 4) is 11.5 Å². The predicted octanol–water partition coefficient (Wildman–Crippen LogP) is 0.720. The summed E-state index contributed by atoms with van der Waals surface area (Å²) in [6.07, 6.45) is 3.12. The van der Waals surface area contributed by atoms with Crippen molar-refractivity contribution in [2.24, 2.45) is 5.73 Å². The minimum Gasteiger partial charge on any atom is -0.334 e. The average Bonchev–Trinajstić information content (AvgIpc) is 2.67. The summed E-state index contributed by atoms with van der Waals surface area (Å²) in [7, 11) is 0. The van der Waals surface area contributed by atoms with Gasteiger partial charge >= 0.3 is 0 Å². The summed E-state index contributed by atoms with van der Waals surface area (Å²) >= 11 is 0. The van der Waals surface area contributed by atoms with Gasteiger partial charge in [0.1, 0.15) is 0 Å². The molecule has 6 nitrogen and oxygen atoms in total. The summed E-state index contributed by atoms with van der Waals surface area (Å²) in [5, 5.41) is 11.2. The first kappa shape index (κ1) is 9.72. The van der Waals surface area contributed by atoms with Gasteiger partial charge in [-0.05, 0) is 19.9 Å². The largest absolute Gasteiger partial charge is 0.334 e. The Morgan fingerprint density at radius 1 is 1.33 bits per heavy atom. The Hall–Kier alpha value is -1.82. The average molecular weight is 205 g/mol. The van der Waals surface area contributed by atoms with Crippen LogP contribution in [-0.2, 0) is 5.54 Å². The molecule has 2 aromatic heterocycles. The van der Waals surface area contributed by atoms with Gasteiger partial charge in [-0.3, -0.25) is 0 Å². The van der Waals surface area contributed by atoms with E-state index < -0.39 is 5.54 Å².